The molecular weight excluding hydrogens is 222 g/mol. The SMILES string of the molecule is CCCCN(C)C(=O)c1sc(CN)nc1C. The molecule has 5 heteroatoms. The Balaban J connectivity index is 2.75. The van der Waals surface area contributed by atoms with Gasteiger partial charge in [0.25, 0.3) is 5.91 Å². The van der Waals surface area contributed by atoms with Crippen molar-refractivity contribution in [2.45, 2.75) is 33.2 Å². The maximum absolute atomic E-state index is 12.1. The van der Waals surface area contributed by atoms with Crippen LogP contribution in [-0.4, -0.2) is 29.4 Å². The minimum atomic E-state index is 0.0585. The number of nitrogens with zero attached hydrogens (tertiary/aromatic N) is 2. The fourth-order valence-corrected chi connectivity index (χ4v) is 2.35. The number of thiazole rings is 1. The third kappa shape index (κ3) is 3.02. The Morgan fingerprint density at radius 3 is 2.75 bits per heavy atom. The van der Waals surface area contributed by atoms with Crippen LogP contribution >= 0.6 is 11.3 Å². The Kier molecular flexibility index (Phi) is 4.89. The zero-order valence-electron chi connectivity index (χ0n) is 10.1. The van der Waals surface area contributed by atoms with Crippen LogP contribution in [0.15, 0.2) is 0 Å². The van der Waals surface area contributed by atoms with Crippen LogP contribution < -0.4 is 5.73 Å². The Hall–Kier alpha value is -0.940. The lowest BCUT2D eigenvalue weighted by molar-refractivity contribution is 0.0797. The highest BCUT2D eigenvalue weighted by Gasteiger charge is 2.17. The van der Waals surface area contributed by atoms with Crippen LogP contribution in [0.3, 0.4) is 0 Å². The second kappa shape index (κ2) is 5.96. The molecule has 4 nitrogen and oxygen atoms in total. The lowest BCUT2D eigenvalue weighted by Gasteiger charge is -2.15. The van der Waals surface area contributed by atoms with Crippen LogP contribution in [0, 0.1) is 6.92 Å². The summed E-state index contributed by atoms with van der Waals surface area (Å²) in [5.74, 6) is 0.0585. The second-order valence-corrected chi connectivity index (χ2v) is 4.89. The van der Waals surface area contributed by atoms with E-state index < -0.39 is 0 Å². The Morgan fingerprint density at radius 1 is 1.56 bits per heavy atom. The molecule has 0 unspecified atom stereocenters. The van der Waals surface area contributed by atoms with E-state index in [1.54, 1.807) is 4.90 Å². The molecule has 0 radical (unpaired) electrons. The van der Waals surface area contributed by atoms with Crippen molar-refractivity contribution in [2.24, 2.45) is 5.73 Å². The number of hydrogen-bond acceptors (Lipinski definition) is 4. The second-order valence-electron chi connectivity index (χ2n) is 3.81. The smallest absolute Gasteiger partial charge is 0.265 e. The summed E-state index contributed by atoms with van der Waals surface area (Å²) in [6.45, 7) is 5.17. The summed E-state index contributed by atoms with van der Waals surface area (Å²) in [5, 5.41) is 0.824. The number of aromatic nitrogens is 1. The van der Waals surface area contributed by atoms with Crippen LogP contribution in [0.25, 0.3) is 0 Å². The van der Waals surface area contributed by atoms with E-state index in [-0.39, 0.29) is 5.91 Å². The molecule has 1 heterocycles. The predicted molar refractivity (Wildman–Crippen MR) is 66.6 cm³/mol. The van der Waals surface area contributed by atoms with E-state index in [1.165, 1.54) is 11.3 Å². The predicted octanol–water partition coefficient (Wildman–Crippen LogP) is 1.78. The van der Waals surface area contributed by atoms with Gasteiger partial charge in [0.2, 0.25) is 0 Å². The molecule has 16 heavy (non-hydrogen) atoms. The molecule has 1 rings (SSSR count). The average molecular weight is 241 g/mol. The minimum Gasteiger partial charge on any atom is -0.341 e. The number of rotatable bonds is 5. The van der Waals surface area contributed by atoms with Crippen molar-refractivity contribution in [2.75, 3.05) is 13.6 Å². The number of carbonyl (C=O) groups is 1. The van der Waals surface area contributed by atoms with Gasteiger partial charge in [-0.3, -0.25) is 4.79 Å². The molecule has 0 fully saturated rings. The van der Waals surface area contributed by atoms with E-state index >= 15 is 0 Å². The third-order valence-electron chi connectivity index (χ3n) is 2.40. The number of aryl methyl sites for hydroxylation is 1. The summed E-state index contributed by atoms with van der Waals surface area (Å²) in [5.41, 5.74) is 6.30. The Morgan fingerprint density at radius 2 is 2.25 bits per heavy atom. The van der Waals surface area contributed by atoms with E-state index in [0.29, 0.717) is 6.54 Å². The molecule has 1 aromatic heterocycles. The molecule has 0 saturated carbocycles. The largest absolute Gasteiger partial charge is 0.341 e. The van der Waals surface area contributed by atoms with Gasteiger partial charge in [-0.05, 0) is 13.3 Å². The first kappa shape index (κ1) is 13.1. The number of amides is 1. The van der Waals surface area contributed by atoms with E-state index in [4.69, 9.17) is 5.73 Å². The van der Waals surface area contributed by atoms with Gasteiger partial charge in [0.15, 0.2) is 0 Å². The van der Waals surface area contributed by atoms with Gasteiger partial charge >= 0.3 is 0 Å². The molecule has 0 atom stereocenters. The third-order valence-corrected chi connectivity index (χ3v) is 3.57. The number of carbonyl (C=O) groups excluding carboxylic acids is 1. The maximum Gasteiger partial charge on any atom is 0.265 e. The molecule has 0 aromatic carbocycles. The molecule has 2 N–H and O–H groups in total. The Bertz CT molecular complexity index is 362. The van der Waals surface area contributed by atoms with Crippen molar-refractivity contribution in [3.8, 4) is 0 Å². The van der Waals surface area contributed by atoms with Crippen molar-refractivity contribution >= 4 is 17.2 Å². The Labute approximate surface area is 100 Å². The van der Waals surface area contributed by atoms with E-state index in [1.807, 2.05) is 14.0 Å². The fourth-order valence-electron chi connectivity index (χ4n) is 1.41. The summed E-state index contributed by atoms with van der Waals surface area (Å²) in [4.78, 5) is 18.8. The summed E-state index contributed by atoms with van der Waals surface area (Å²) in [6, 6.07) is 0. The fraction of sp³-hybridized carbons (Fsp3) is 0.636. The summed E-state index contributed by atoms with van der Waals surface area (Å²) in [6.07, 6.45) is 2.12. The number of nitrogens with two attached hydrogens (primary N) is 1. The first-order chi connectivity index (χ1) is 7.60. The molecule has 0 aliphatic rings. The average Bonchev–Trinajstić information content (AvgIpc) is 2.66. The number of hydrogen-bond donors (Lipinski definition) is 1. The topological polar surface area (TPSA) is 59.2 Å². The lowest BCUT2D eigenvalue weighted by atomic mass is 10.3. The molecule has 1 aromatic rings. The first-order valence-corrected chi connectivity index (χ1v) is 6.33. The van der Waals surface area contributed by atoms with Crippen molar-refractivity contribution in [1.29, 1.82) is 0 Å². The number of unbranched alkanes of at least 4 members (excludes halogenated alkanes) is 1. The van der Waals surface area contributed by atoms with E-state index in [0.717, 1.165) is 35.0 Å². The highest BCUT2D eigenvalue weighted by molar-refractivity contribution is 7.13. The van der Waals surface area contributed by atoms with Crippen LogP contribution in [0.5, 0.6) is 0 Å². The van der Waals surface area contributed by atoms with Crippen molar-refractivity contribution in [3.63, 3.8) is 0 Å². The molecule has 0 spiro atoms. The van der Waals surface area contributed by atoms with E-state index in [9.17, 15) is 4.79 Å². The molecular formula is C11H19N3OS. The highest BCUT2D eigenvalue weighted by Crippen LogP contribution is 2.19. The molecule has 90 valence electrons. The molecule has 1 amide bonds. The van der Waals surface area contributed by atoms with Gasteiger partial charge < -0.3 is 10.6 Å². The summed E-state index contributed by atoms with van der Waals surface area (Å²) < 4.78 is 0. The highest BCUT2D eigenvalue weighted by atomic mass is 32.1. The minimum absolute atomic E-state index is 0.0585. The monoisotopic (exact) mass is 241 g/mol. The standard InChI is InChI=1S/C11H19N3OS/c1-4-5-6-14(3)11(15)10-8(2)13-9(7-12)16-10/h4-7,12H2,1-3H3. The summed E-state index contributed by atoms with van der Waals surface area (Å²) >= 11 is 1.40. The van der Waals surface area contributed by atoms with Gasteiger partial charge in [-0.2, -0.15) is 0 Å². The quantitative estimate of drug-likeness (QED) is 0.855. The van der Waals surface area contributed by atoms with E-state index in [2.05, 4.69) is 11.9 Å². The normalized spacial score (nSPS) is 10.5. The van der Waals surface area contributed by atoms with Crippen molar-refractivity contribution < 1.29 is 4.79 Å². The van der Waals surface area contributed by atoms with Crippen LogP contribution in [0.4, 0.5) is 0 Å². The molecule has 0 aliphatic heterocycles. The van der Waals surface area contributed by atoms with Gasteiger partial charge in [0, 0.05) is 20.1 Å². The van der Waals surface area contributed by atoms with Crippen LogP contribution in [0.2, 0.25) is 0 Å². The van der Waals surface area contributed by atoms with Crippen molar-refractivity contribution in [1.82, 2.24) is 9.88 Å². The first-order valence-electron chi connectivity index (χ1n) is 5.52. The molecule has 0 saturated heterocycles. The van der Waals surface area contributed by atoms with Gasteiger partial charge in [-0.1, -0.05) is 13.3 Å². The zero-order chi connectivity index (χ0) is 12.1. The molecule has 0 aliphatic carbocycles. The maximum atomic E-state index is 12.1. The van der Waals surface area contributed by atoms with Crippen molar-refractivity contribution in [3.05, 3.63) is 15.6 Å². The zero-order valence-corrected chi connectivity index (χ0v) is 10.9. The van der Waals surface area contributed by atoms with Gasteiger partial charge in [0.1, 0.15) is 9.88 Å². The van der Waals surface area contributed by atoms with Gasteiger partial charge in [-0.15, -0.1) is 11.3 Å². The molecule has 0 bridgehead atoms. The summed E-state index contributed by atoms with van der Waals surface area (Å²) in [7, 11) is 1.83. The van der Waals surface area contributed by atoms with Crippen LogP contribution in [-0.2, 0) is 6.54 Å². The van der Waals surface area contributed by atoms with Gasteiger partial charge in [0.05, 0.1) is 5.69 Å². The van der Waals surface area contributed by atoms with Crippen LogP contribution in [0.1, 0.15) is 40.1 Å². The van der Waals surface area contributed by atoms with Gasteiger partial charge in [-0.25, -0.2) is 4.98 Å². The lowest BCUT2D eigenvalue weighted by Crippen LogP contribution is -2.27.